The molecule has 1 fully saturated rings. The van der Waals surface area contributed by atoms with Gasteiger partial charge in [-0.1, -0.05) is 6.07 Å². The molecular formula is C20H19FN2O5. The summed E-state index contributed by atoms with van der Waals surface area (Å²) in [6.45, 7) is 0. The molecule has 3 N–H and O–H groups in total. The van der Waals surface area contributed by atoms with Crippen molar-refractivity contribution in [2.24, 2.45) is 11.8 Å². The number of nitrogens with one attached hydrogen (secondary N) is 2. The van der Waals surface area contributed by atoms with E-state index < -0.39 is 29.5 Å². The van der Waals surface area contributed by atoms with Gasteiger partial charge in [0.05, 0.1) is 24.6 Å². The third-order valence-corrected chi connectivity index (χ3v) is 4.73. The molecule has 0 saturated heterocycles. The number of benzene rings is 2. The Morgan fingerprint density at radius 1 is 1.07 bits per heavy atom. The van der Waals surface area contributed by atoms with Gasteiger partial charge < -0.3 is 20.5 Å². The normalized spacial score (nSPS) is 17.9. The number of hydrogen-bond acceptors (Lipinski definition) is 4. The first-order chi connectivity index (χ1) is 13.4. The van der Waals surface area contributed by atoms with Crippen molar-refractivity contribution < 1.29 is 28.6 Å². The number of anilines is 2. The van der Waals surface area contributed by atoms with E-state index in [1.807, 2.05) is 0 Å². The minimum Gasteiger partial charge on any atom is -0.495 e. The SMILES string of the molecule is COc1ccc(NC(=O)C2CCC2C(=O)O)cc1NC(=O)c1cccc(F)c1. The molecule has 0 bridgehead atoms. The van der Waals surface area contributed by atoms with E-state index >= 15 is 0 Å². The van der Waals surface area contributed by atoms with Crippen LogP contribution in [0.4, 0.5) is 15.8 Å². The van der Waals surface area contributed by atoms with Gasteiger partial charge in [0.1, 0.15) is 11.6 Å². The van der Waals surface area contributed by atoms with Crippen LogP contribution < -0.4 is 15.4 Å². The quantitative estimate of drug-likeness (QED) is 0.707. The van der Waals surface area contributed by atoms with Gasteiger partial charge in [-0.05, 0) is 49.2 Å². The maximum absolute atomic E-state index is 13.3. The molecule has 0 aromatic heterocycles. The highest BCUT2D eigenvalue weighted by atomic mass is 19.1. The molecule has 1 aliphatic carbocycles. The molecule has 0 heterocycles. The molecule has 8 heteroatoms. The van der Waals surface area contributed by atoms with Gasteiger partial charge in [0.15, 0.2) is 0 Å². The summed E-state index contributed by atoms with van der Waals surface area (Å²) >= 11 is 0. The Balaban J connectivity index is 1.75. The summed E-state index contributed by atoms with van der Waals surface area (Å²) in [5.41, 5.74) is 0.810. The smallest absolute Gasteiger partial charge is 0.307 e. The first-order valence-corrected chi connectivity index (χ1v) is 8.67. The van der Waals surface area contributed by atoms with E-state index in [1.165, 1.54) is 31.4 Å². The maximum Gasteiger partial charge on any atom is 0.307 e. The number of aliphatic carboxylic acids is 1. The second-order valence-electron chi connectivity index (χ2n) is 6.50. The molecule has 0 aliphatic heterocycles. The summed E-state index contributed by atoms with van der Waals surface area (Å²) in [6.07, 6.45) is 0.993. The van der Waals surface area contributed by atoms with E-state index in [9.17, 15) is 18.8 Å². The molecule has 3 rings (SSSR count). The summed E-state index contributed by atoms with van der Waals surface area (Å²) in [7, 11) is 1.43. The van der Waals surface area contributed by atoms with Crippen LogP contribution in [-0.2, 0) is 9.59 Å². The average molecular weight is 386 g/mol. The minimum absolute atomic E-state index is 0.134. The van der Waals surface area contributed by atoms with Crippen molar-refractivity contribution in [2.75, 3.05) is 17.7 Å². The Morgan fingerprint density at radius 3 is 2.43 bits per heavy atom. The molecule has 28 heavy (non-hydrogen) atoms. The van der Waals surface area contributed by atoms with Crippen molar-refractivity contribution in [3.8, 4) is 5.75 Å². The van der Waals surface area contributed by atoms with Gasteiger partial charge in [-0.3, -0.25) is 14.4 Å². The number of carbonyl (C=O) groups excluding carboxylic acids is 2. The summed E-state index contributed by atoms with van der Waals surface area (Å²) in [5, 5.41) is 14.4. The number of methoxy groups -OCH3 is 1. The highest BCUT2D eigenvalue weighted by Crippen LogP contribution is 2.36. The largest absolute Gasteiger partial charge is 0.495 e. The second-order valence-corrected chi connectivity index (χ2v) is 6.50. The molecule has 2 atom stereocenters. The number of halogens is 1. The van der Waals surface area contributed by atoms with Crippen LogP contribution >= 0.6 is 0 Å². The highest BCUT2D eigenvalue weighted by molar-refractivity contribution is 6.05. The predicted molar refractivity (Wildman–Crippen MR) is 99.8 cm³/mol. The molecule has 2 unspecified atom stereocenters. The third-order valence-electron chi connectivity index (χ3n) is 4.73. The van der Waals surface area contributed by atoms with E-state index in [1.54, 1.807) is 12.1 Å². The molecular weight excluding hydrogens is 367 g/mol. The summed E-state index contributed by atoms with van der Waals surface area (Å²) in [6, 6.07) is 9.89. The number of carboxylic acids is 1. The van der Waals surface area contributed by atoms with Crippen molar-refractivity contribution in [3.05, 3.63) is 53.8 Å². The van der Waals surface area contributed by atoms with Gasteiger partial charge in [-0.25, -0.2) is 4.39 Å². The van der Waals surface area contributed by atoms with Gasteiger partial charge >= 0.3 is 5.97 Å². The molecule has 0 spiro atoms. The van der Waals surface area contributed by atoms with Crippen molar-refractivity contribution >= 4 is 29.2 Å². The number of hydrogen-bond donors (Lipinski definition) is 3. The van der Waals surface area contributed by atoms with E-state index in [0.29, 0.717) is 24.3 Å². The van der Waals surface area contributed by atoms with Crippen LogP contribution in [0, 0.1) is 17.7 Å². The Bertz CT molecular complexity index is 931. The monoisotopic (exact) mass is 386 g/mol. The molecule has 2 aromatic carbocycles. The van der Waals surface area contributed by atoms with Crippen molar-refractivity contribution in [2.45, 2.75) is 12.8 Å². The topological polar surface area (TPSA) is 105 Å². The Kier molecular flexibility index (Phi) is 5.58. The zero-order valence-corrected chi connectivity index (χ0v) is 15.1. The molecule has 1 saturated carbocycles. The van der Waals surface area contributed by atoms with Crippen LogP contribution in [0.15, 0.2) is 42.5 Å². The van der Waals surface area contributed by atoms with E-state index in [0.717, 1.165) is 6.07 Å². The van der Waals surface area contributed by atoms with Crippen LogP contribution in [0.3, 0.4) is 0 Å². The van der Waals surface area contributed by atoms with Crippen LogP contribution in [0.2, 0.25) is 0 Å². The van der Waals surface area contributed by atoms with E-state index in [-0.39, 0.29) is 17.2 Å². The molecule has 2 aromatic rings. The summed E-state index contributed by atoms with van der Waals surface area (Å²) < 4.78 is 18.5. The minimum atomic E-state index is -0.982. The van der Waals surface area contributed by atoms with Gasteiger partial charge in [0.25, 0.3) is 5.91 Å². The standard InChI is InChI=1S/C20H19FN2O5/c1-28-17-8-5-13(22-19(25)14-6-7-15(14)20(26)27)10-16(17)23-18(24)11-3-2-4-12(21)9-11/h2-5,8-10,14-15H,6-7H2,1H3,(H,22,25)(H,23,24)(H,26,27). The van der Waals surface area contributed by atoms with E-state index in [2.05, 4.69) is 10.6 Å². The highest BCUT2D eigenvalue weighted by Gasteiger charge is 2.41. The van der Waals surface area contributed by atoms with Gasteiger partial charge in [0.2, 0.25) is 5.91 Å². The van der Waals surface area contributed by atoms with Crippen LogP contribution in [0.5, 0.6) is 5.75 Å². The Morgan fingerprint density at radius 2 is 1.82 bits per heavy atom. The fourth-order valence-corrected chi connectivity index (χ4v) is 3.05. The first-order valence-electron chi connectivity index (χ1n) is 8.67. The third kappa shape index (κ3) is 4.11. The fourth-order valence-electron chi connectivity index (χ4n) is 3.05. The molecule has 146 valence electrons. The maximum atomic E-state index is 13.3. The van der Waals surface area contributed by atoms with Crippen molar-refractivity contribution in [1.82, 2.24) is 0 Å². The number of carboxylic acid groups (broad SMARTS) is 1. The van der Waals surface area contributed by atoms with Crippen molar-refractivity contribution in [1.29, 1.82) is 0 Å². The van der Waals surface area contributed by atoms with Crippen molar-refractivity contribution in [3.63, 3.8) is 0 Å². The average Bonchev–Trinajstić information content (AvgIpc) is 2.60. The Hall–Kier alpha value is -3.42. The van der Waals surface area contributed by atoms with Gasteiger partial charge in [-0.15, -0.1) is 0 Å². The summed E-state index contributed by atoms with van der Waals surface area (Å²) in [5.74, 6) is -3.33. The predicted octanol–water partition coefficient (Wildman–Crippen LogP) is 3.14. The zero-order valence-electron chi connectivity index (χ0n) is 15.1. The lowest BCUT2D eigenvalue weighted by Crippen LogP contribution is -2.41. The zero-order chi connectivity index (χ0) is 20.3. The molecule has 7 nitrogen and oxygen atoms in total. The molecule has 2 amide bonds. The lowest BCUT2D eigenvalue weighted by molar-refractivity contribution is -0.151. The van der Waals surface area contributed by atoms with Crippen LogP contribution in [0.1, 0.15) is 23.2 Å². The summed E-state index contributed by atoms with van der Waals surface area (Å²) in [4.78, 5) is 35.8. The first kappa shape index (κ1) is 19.3. The number of carbonyl (C=O) groups is 3. The molecule has 0 radical (unpaired) electrons. The number of ether oxygens (including phenoxy) is 1. The Labute approximate surface area is 160 Å². The lowest BCUT2D eigenvalue weighted by Gasteiger charge is -2.31. The van der Waals surface area contributed by atoms with Gasteiger partial charge in [0, 0.05) is 11.3 Å². The lowest BCUT2D eigenvalue weighted by atomic mass is 9.73. The van der Waals surface area contributed by atoms with Crippen LogP contribution in [-0.4, -0.2) is 30.0 Å². The number of amides is 2. The number of rotatable bonds is 6. The molecule has 1 aliphatic rings. The van der Waals surface area contributed by atoms with Crippen LogP contribution in [0.25, 0.3) is 0 Å². The second kappa shape index (κ2) is 8.08. The van der Waals surface area contributed by atoms with E-state index in [4.69, 9.17) is 9.84 Å². The fraction of sp³-hybridized carbons (Fsp3) is 0.250. The van der Waals surface area contributed by atoms with Gasteiger partial charge in [-0.2, -0.15) is 0 Å².